The van der Waals surface area contributed by atoms with Crippen molar-refractivity contribution < 1.29 is 26.4 Å². The van der Waals surface area contributed by atoms with Gasteiger partial charge in [-0.3, -0.25) is 14.4 Å². The summed E-state index contributed by atoms with van der Waals surface area (Å²) in [6.45, 7) is 4.49. The molecule has 0 unspecified atom stereocenters. The summed E-state index contributed by atoms with van der Waals surface area (Å²) in [6, 6.07) is 16.6. The van der Waals surface area contributed by atoms with Crippen LogP contribution in [0.1, 0.15) is 29.5 Å². The minimum atomic E-state index is -4.73. The molecule has 0 aromatic heterocycles. The van der Waals surface area contributed by atoms with Gasteiger partial charge in [-0.25, -0.2) is 8.42 Å². The van der Waals surface area contributed by atoms with Gasteiger partial charge in [-0.05, 0) is 80.9 Å². The van der Waals surface area contributed by atoms with E-state index in [0.717, 1.165) is 44.6 Å². The van der Waals surface area contributed by atoms with Gasteiger partial charge in [0, 0.05) is 23.8 Å². The molecule has 2 N–H and O–H groups in total. The molecule has 1 aliphatic heterocycles. The first-order valence-electron chi connectivity index (χ1n) is 12.0. The maximum Gasteiger partial charge on any atom is 0.417 e. The molecule has 1 aliphatic rings. The van der Waals surface area contributed by atoms with E-state index in [4.69, 9.17) is 11.6 Å². The van der Waals surface area contributed by atoms with Gasteiger partial charge in [-0.15, -0.1) is 0 Å². The zero-order valence-corrected chi connectivity index (χ0v) is 22.1. The number of hydrogen-bond acceptors (Lipinski definition) is 4. The van der Waals surface area contributed by atoms with E-state index in [0.29, 0.717) is 11.8 Å². The number of likely N-dealkylation sites (tertiary alicyclic amines) is 1. The smallest absolute Gasteiger partial charge is 0.326 e. The fourth-order valence-corrected chi connectivity index (χ4v) is 5.56. The molecule has 4 rings (SSSR count). The van der Waals surface area contributed by atoms with Crippen molar-refractivity contribution in [3.63, 3.8) is 0 Å². The summed E-state index contributed by atoms with van der Waals surface area (Å²) in [5.41, 5.74) is 1.47. The molecule has 0 atom stereocenters. The van der Waals surface area contributed by atoms with E-state index in [-0.39, 0.29) is 22.4 Å². The number of benzene rings is 3. The molecule has 0 saturated carbocycles. The average Bonchev–Trinajstić information content (AvgIpc) is 2.86. The number of hydrogen-bond donors (Lipinski definition) is 2. The average molecular weight is 566 g/mol. The van der Waals surface area contributed by atoms with Crippen LogP contribution in [0.5, 0.6) is 0 Å². The number of halogens is 4. The van der Waals surface area contributed by atoms with E-state index in [1.807, 2.05) is 0 Å². The maximum absolute atomic E-state index is 13.1. The van der Waals surface area contributed by atoms with Crippen LogP contribution in [-0.2, 0) is 27.5 Å². The fourth-order valence-electron chi connectivity index (χ4n) is 4.29. The Bertz CT molecular complexity index is 1390. The Morgan fingerprint density at radius 3 is 2.18 bits per heavy atom. The van der Waals surface area contributed by atoms with Crippen LogP contribution in [0.2, 0.25) is 5.02 Å². The highest BCUT2D eigenvalue weighted by Crippen LogP contribution is 2.36. The van der Waals surface area contributed by atoms with Gasteiger partial charge in [-0.1, -0.05) is 41.4 Å². The van der Waals surface area contributed by atoms with Gasteiger partial charge in [0.25, 0.3) is 10.0 Å². The quantitative estimate of drug-likeness (QED) is 0.351. The van der Waals surface area contributed by atoms with Crippen LogP contribution in [-0.4, -0.2) is 32.3 Å². The molecule has 0 radical (unpaired) electrons. The van der Waals surface area contributed by atoms with Crippen molar-refractivity contribution >= 4 is 38.9 Å². The molecule has 1 heterocycles. The lowest BCUT2D eigenvalue weighted by Crippen LogP contribution is -2.37. The maximum atomic E-state index is 13.1. The second-order valence-electron chi connectivity index (χ2n) is 9.35. The number of carbonyl (C=O) groups is 1. The summed E-state index contributed by atoms with van der Waals surface area (Å²) in [5.74, 6) is -0.281. The first kappa shape index (κ1) is 27.9. The standard InChI is InChI=1S/C27H27ClF3N3O3S/c1-18-2-4-19(5-3-18)17-34-14-12-20(13-15-34)26(35)32-21-6-9-23(10-7-21)38(36,37)33-22-8-11-25(28)24(16-22)27(29,30)31/h2-11,16,20,33H,12-15,17H2,1H3,(H,32,35). The molecule has 0 spiro atoms. The molecular weight excluding hydrogens is 539 g/mol. The number of rotatable bonds is 7. The normalized spacial score (nSPS) is 15.3. The van der Waals surface area contributed by atoms with Crippen molar-refractivity contribution in [2.45, 2.75) is 37.4 Å². The Balaban J connectivity index is 1.32. The fraction of sp³-hybridized carbons (Fsp3) is 0.296. The Morgan fingerprint density at radius 2 is 1.58 bits per heavy atom. The molecule has 1 saturated heterocycles. The molecule has 0 bridgehead atoms. The van der Waals surface area contributed by atoms with Crippen molar-refractivity contribution in [2.24, 2.45) is 5.92 Å². The minimum Gasteiger partial charge on any atom is -0.326 e. The summed E-state index contributed by atoms with van der Waals surface area (Å²) in [5, 5.41) is 2.30. The van der Waals surface area contributed by atoms with Crippen LogP contribution in [0.4, 0.5) is 24.5 Å². The molecule has 1 fully saturated rings. The first-order chi connectivity index (χ1) is 17.9. The highest BCUT2D eigenvalue weighted by atomic mass is 35.5. The number of carbonyl (C=O) groups excluding carboxylic acids is 1. The van der Waals surface area contributed by atoms with Crippen molar-refractivity contribution in [2.75, 3.05) is 23.1 Å². The Kier molecular flexibility index (Phi) is 8.34. The second kappa shape index (κ2) is 11.3. The topological polar surface area (TPSA) is 78.5 Å². The summed E-state index contributed by atoms with van der Waals surface area (Å²) >= 11 is 5.59. The Labute approximate surface area is 224 Å². The van der Waals surface area contributed by atoms with Crippen LogP contribution < -0.4 is 10.0 Å². The third kappa shape index (κ3) is 7.06. The third-order valence-electron chi connectivity index (χ3n) is 6.44. The van der Waals surface area contributed by atoms with Crippen LogP contribution >= 0.6 is 11.6 Å². The van der Waals surface area contributed by atoms with Crippen LogP contribution in [0.3, 0.4) is 0 Å². The Morgan fingerprint density at radius 1 is 0.974 bits per heavy atom. The number of alkyl halides is 3. The lowest BCUT2D eigenvalue weighted by atomic mass is 9.95. The number of anilines is 2. The molecule has 0 aliphatic carbocycles. The van der Waals surface area contributed by atoms with Crippen molar-refractivity contribution in [1.82, 2.24) is 4.90 Å². The van der Waals surface area contributed by atoms with E-state index < -0.39 is 26.8 Å². The van der Waals surface area contributed by atoms with Crippen molar-refractivity contribution in [3.8, 4) is 0 Å². The van der Waals surface area contributed by atoms with Crippen molar-refractivity contribution in [1.29, 1.82) is 0 Å². The summed E-state index contributed by atoms with van der Waals surface area (Å²) in [7, 11) is -4.17. The van der Waals surface area contributed by atoms with E-state index in [1.54, 1.807) is 0 Å². The van der Waals surface area contributed by atoms with E-state index in [1.165, 1.54) is 35.4 Å². The van der Waals surface area contributed by atoms with Crippen LogP contribution in [0.25, 0.3) is 0 Å². The van der Waals surface area contributed by atoms with E-state index in [9.17, 15) is 26.4 Å². The predicted octanol–water partition coefficient (Wildman–Crippen LogP) is 6.32. The summed E-state index contributed by atoms with van der Waals surface area (Å²) in [4.78, 5) is 14.9. The molecule has 1 amide bonds. The first-order valence-corrected chi connectivity index (χ1v) is 13.9. The van der Waals surface area contributed by atoms with Crippen LogP contribution in [0.15, 0.2) is 71.6 Å². The lowest BCUT2D eigenvalue weighted by molar-refractivity contribution is -0.137. The summed E-state index contributed by atoms with van der Waals surface area (Å²) < 4.78 is 66.8. The van der Waals surface area contributed by atoms with Gasteiger partial charge < -0.3 is 5.32 Å². The molecule has 202 valence electrons. The van der Waals surface area contributed by atoms with E-state index in [2.05, 4.69) is 46.1 Å². The second-order valence-corrected chi connectivity index (χ2v) is 11.4. The van der Waals surface area contributed by atoms with Crippen molar-refractivity contribution in [3.05, 3.63) is 88.4 Å². The number of amides is 1. The zero-order chi connectivity index (χ0) is 27.5. The number of aryl methyl sites for hydroxylation is 1. The van der Waals surface area contributed by atoms with Gasteiger partial charge in [0.05, 0.1) is 15.5 Å². The molecular formula is C27H27ClF3N3O3S. The highest BCUT2D eigenvalue weighted by Gasteiger charge is 2.33. The monoisotopic (exact) mass is 565 g/mol. The molecule has 11 heteroatoms. The minimum absolute atomic E-state index is 0.130. The lowest BCUT2D eigenvalue weighted by Gasteiger charge is -2.31. The third-order valence-corrected chi connectivity index (χ3v) is 8.17. The molecule has 38 heavy (non-hydrogen) atoms. The van der Waals surface area contributed by atoms with Crippen LogP contribution in [0, 0.1) is 12.8 Å². The number of piperidine rings is 1. The summed E-state index contributed by atoms with van der Waals surface area (Å²) in [6.07, 6.45) is -3.29. The van der Waals surface area contributed by atoms with Gasteiger partial charge in [0.1, 0.15) is 0 Å². The number of sulfonamides is 1. The zero-order valence-electron chi connectivity index (χ0n) is 20.6. The van der Waals surface area contributed by atoms with Gasteiger partial charge in [0.15, 0.2) is 0 Å². The molecule has 6 nitrogen and oxygen atoms in total. The predicted molar refractivity (Wildman–Crippen MR) is 142 cm³/mol. The number of nitrogens with zero attached hydrogens (tertiary/aromatic N) is 1. The largest absolute Gasteiger partial charge is 0.417 e. The van der Waals surface area contributed by atoms with Gasteiger partial charge >= 0.3 is 6.18 Å². The van der Waals surface area contributed by atoms with Gasteiger partial charge in [0.2, 0.25) is 5.91 Å². The van der Waals surface area contributed by atoms with Gasteiger partial charge in [-0.2, -0.15) is 13.2 Å². The SMILES string of the molecule is Cc1ccc(CN2CCC(C(=O)Nc3ccc(S(=O)(=O)Nc4ccc(Cl)c(C(F)(F)F)c4)cc3)CC2)cc1. The van der Waals surface area contributed by atoms with E-state index >= 15 is 0 Å². The Hall–Kier alpha value is -3.08. The highest BCUT2D eigenvalue weighted by molar-refractivity contribution is 7.92. The molecule has 3 aromatic carbocycles. The number of nitrogens with one attached hydrogen (secondary N) is 2. The molecule has 3 aromatic rings.